The van der Waals surface area contributed by atoms with Crippen molar-refractivity contribution < 1.29 is 13.3 Å². The van der Waals surface area contributed by atoms with Crippen LogP contribution in [-0.2, 0) is 13.3 Å². The van der Waals surface area contributed by atoms with Crippen LogP contribution in [-0.4, -0.2) is 71.3 Å². The molecule has 3 fully saturated rings. The second-order valence-electron chi connectivity index (χ2n) is 6.33. The minimum atomic E-state index is -2.57. The SMILES string of the molecule is CC1CN2CC(C)O[Si](CCCNCCN)(O1)OC(C)C2. The largest absolute Gasteiger partial charge is 0.501 e. The predicted molar refractivity (Wildman–Crippen MR) is 85.2 cm³/mol. The Hall–Kier alpha value is -0.0231. The molecule has 6 nitrogen and oxygen atoms in total. The zero-order valence-corrected chi connectivity index (χ0v) is 14.6. The van der Waals surface area contributed by atoms with Crippen LogP contribution in [0.25, 0.3) is 0 Å². The van der Waals surface area contributed by atoms with Gasteiger partial charge in [-0.1, -0.05) is 0 Å². The number of fused-ring (bicyclic) bond motifs is 6. The van der Waals surface area contributed by atoms with Gasteiger partial charge in [0.15, 0.2) is 0 Å². The summed E-state index contributed by atoms with van der Waals surface area (Å²) in [4.78, 5) is 2.39. The van der Waals surface area contributed by atoms with Crippen molar-refractivity contribution in [2.75, 3.05) is 39.3 Å². The van der Waals surface area contributed by atoms with Gasteiger partial charge in [-0.2, -0.15) is 0 Å². The van der Waals surface area contributed by atoms with E-state index in [-0.39, 0.29) is 18.3 Å². The topological polar surface area (TPSA) is 69.0 Å². The van der Waals surface area contributed by atoms with E-state index >= 15 is 0 Å². The standard InChI is InChI=1S/C14H31N3O3Si/c1-12-9-17-10-13(2)19-21(18-12,20-14(3)11-17)8-4-6-16-7-5-15/h12-14,16H,4-11,15H2,1-3H3. The van der Waals surface area contributed by atoms with Crippen molar-refractivity contribution >= 4 is 8.80 Å². The molecule has 0 aromatic rings. The molecule has 0 spiro atoms. The summed E-state index contributed by atoms with van der Waals surface area (Å²) in [5.74, 6) is 0. The highest BCUT2D eigenvalue weighted by atomic mass is 28.4. The molecule has 7 heteroatoms. The molecule has 3 heterocycles. The Kier molecular flexibility index (Phi) is 6.61. The lowest BCUT2D eigenvalue weighted by molar-refractivity contribution is -0.0790. The molecule has 3 atom stereocenters. The van der Waals surface area contributed by atoms with Gasteiger partial charge in [0.1, 0.15) is 0 Å². The molecule has 124 valence electrons. The summed E-state index contributed by atoms with van der Waals surface area (Å²) in [6, 6.07) is 0.879. The summed E-state index contributed by atoms with van der Waals surface area (Å²) in [6.07, 6.45) is 1.53. The average Bonchev–Trinajstić information content (AvgIpc) is 2.34. The lowest BCUT2D eigenvalue weighted by Crippen LogP contribution is -2.61. The average molecular weight is 318 g/mol. The Morgan fingerprint density at radius 2 is 1.52 bits per heavy atom. The predicted octanol–water partition coefficient (Wildman–Crippen LogP) is 0.408. The molecule has 0 aromatic heterocycles. The third-order valence-electron chi connectivity index (χ3n) is 3.85. The van der Waals surface area contributed by atoms with Gasteiger partial charge in [0.05, 0.1) is 18.3 Å². The van der Waals surface area contributed by atoms with Crippen LogP contribution in [0.15, 0.2) is 0 Å². The number of nitrogens with two attached hydrogens (primary N) is 1. The highest BCUT2D eigenvalue weighted by Crippen LogP contribution is 2.28. The maximum Gasteiger partial charge on any atom is 0.501 e. The molecule has 3 rings (SSSR count). The summed E-state index contributed by atoms with van der Waals surface area (Å²) in [6.45, 7) is 11.8. The van der Waals surface area contributed by atoms with Gasteiger partial charge in [-0.25, -0.2) is 0 Å². The highest BCUT2D eigenvalue weighted by molar-refractivity contribution is 6.60. The van der Waals surface area contributed by atoms with E-state index in [9.17, 15) is 0 Å². The normalized spacial score (nSPS) is 40.6. The molecule has 0 aliphatic carbocycles. The fourth-order valence-corrected chi connectivity index (χ4v) is 6.46. The van der Waals surface area contributed by atoms with Crippen molar-refractivity contribution in [1.82, 2.24) is 10.2 Å². The van der Waals surface area contributed by atoms with Crippen LogP contribution in [0.2, 0.25) is 6.04 Å². The molecule has 3 saturated heterocycles. The molecule has 3 N–H and O–H groups in total. The van der Waals surface area contributed by atoms with Crippen LogP contribution in [0.5, 0.6) is 0 Å². The lowest BCUT2D eigenvalue weighted by Gasteiger charge is -2.45. The first-order valence-electron chi connectivity index (χ1n) is 8.19. The van der Waals surface area contributed by atoms with E-state index in [2.05, 4.69) is 31.0 Å². The van der Waals surface area contributed by atoms with E-state index in [1.54, 1.807) is 0 Å². The van der Waals surface area contributed by atoms with Crippen molar-refractivity contribution in [3.8, 4) is 0 Å². The first-order valence-corrected chi connectivity index (χ1v) is 10.1. The van der Waals surface area contributed by atoms with E-state index in [0.717, 1.165) is 45.2 Å². The third kappa shape index (κ3) is 5.28. The fraction of sp³-hybridized carbons (Fsp3) is 1.00. The van der Waals surface area contributed by atoms with Gasteiger partial charge in [0, 0.05) is 38.8 Å². The lowest BCUT2D eigenvalue weighted by atomic mass is 10.2. The molecule has 3 unspecified atom stereocenters. The van der Waals surface area contributed by atoms with Crippen molar-refractivity contribution in [3.05, 3.63) is 0 Å². The van der Waals surface area contributed by atoms with Gasteiger partial charge in [0.25, 0.3) is 0 Å². The van der Waals surface area contributed by atoms with Gasteiger partial charge in [-0.15, -0.1) is 0 Å². The van der Waals surface area contributed by atoms with E-state index in [4.69, 9.17) is 19.0 Å². The van der Waals surface area contributed by atoms with Gasteiger partial charge >= 0.3 is 8.80 Å². The Morgan fingerprint density at radius 1 is 1.00 bits per heavy atom. The van der Waals surface area contributed by atoms with Crippen molar-refractivity contribution in [2.24, 2.45) is 5.73 Å². The second kappa shape index (κ2) is 8.01. The van der Waals surface area contributed by atoms with E-state index in [1.807, 2.05) is 0 Å². The number of hydrogen-bond donors (Lipinski definition) is 2. The van der Waals surface area contributed by atoms with Crippen LogP contribution in [0, 0.1) is 0 Å². The van der Waals surface area contributed by atoms with Gasteiger partial charge < -0.3 is 24.3 Å². The molecule has 0 amide bonds. The fourth-order valence-electron chi connectivity index (χ4n) is 3.26. The number of nitrogens with zero attached hydrogens (tertiary/aromatic N) is 1. The molecule has 0 saturated carbocycles. The van der Waals surface area contributed by atoms with E-state index in [1.165, 1.54) is 0 Å². The molecular formula is C14H31N3O3Si. The summed E-state index contributed by atoms with van der Waals surface area (Å²) >= 11 is 0. The van der Waals surface area contributed by atoms with Crippen LogP contribution < -0.4 is 11.1 Å². The zero-order valence-electron chi connectivity index (χ0n) is 13.6. The molecule has 0 aromatic carbocycles. The maximum atomic E-state index is 6.30. The van der Waals surface area contributed by atoms with Crippen LogP contribution in [0.1, 0.15) is 27.2 Å². The third-order valence-corrected chi connectivity index (χ3v) is 7.10. The van der Waals surface area contributed by atoms with Gasteiger partial charge in [-0.3, -0.25) is 4.90 Å². The molecule has 0 radical (unpaired) electrons. The quantitative estimate of drug-likeness (QED) is 0.546. The first kappa shape index (κ1) is 17.3. The number of rotatable bonds is 6. The van der Waals surface area contributed by atoms with Crippen molar-refractivity contribution in [1.29, 1.82) is 0 Å². The Balaban J connectivity index is 1.99. The van der Waals surface area contributed by atoms with Gasteiger partial charge in [0.2, 0.25) is 0 Å². The molecule has 3 aliphatic rings. The zero-order chi connectivity index (χ0) is 15.3. The Labute approximate surface area is 129 Å². The summed E-state index contributed by atoms with van der Waals surface area (Å²) < 4.78 is 18.9. The van der Waals surface area contributed by atoms with Crippen molar-refractivity contribution in [2.45, 2.75) is 51.5 Å². The van der Waals surface area contributed by atoms with Crippen molar-refractivity contribution in [3.63, 3.8) is 0 Å². The van der Waals surface area contributed by atoms with Crippen LogP contribution in [0.3, 0.4) is 0 Å². The Bertz CT molecular complexity index is 286. The maximum absolute atomic E-state index is 6.30. The van der Waals surface area contributed by atoms with E-state index < -0.39 is 8.80 Å². The molecule has 3 aliphatic heterocycles. The van der Waals surface area contributed by atoms with Crippen LogP contribution in [0.4, 0.5) is 0 Å². The van der Waals surface area contributed by atoms with Crippen LogP contribution >= 0.6 is 0 Å². The monoisotopic (exact) mass is 317 g/mol. The first-order chi connectivity index (χ1) is 10.0. The van der Waals surface area contributed by atoms with E-state index in [0.29, 0.717) is 6.54 Å². The summed E-state index contributed by atoms with van der Waals surface area (Å²) in [5, 5.41) is 3.33. The second-order valence-corrected chi connectivity index (χ2v) is 8.90. The number of nitrogens with one attached hydrogen (secondary N) is 1. The minimum Gasteiger partial charge on any atom is -0.369 e. The molecular weight excluding hydrogens is 286 g/mol. The molecule has 21 heavy (non-hydrogen) atoms. The molecule has 2 bridgehead atoms. The minimum absolute atomic E-state index is 0.175. The summed E-state index contributed by atoms with van der Waals surface area (Å²) in [7, 11) is -2.57. The smallest absolute Gasteiger partial charge is 0.369 e. The Morgan fingerprint density at radius 3 is 2.00 bits per heavy atom. The summed E-state index contributed by atoms with van der Waals surface area (Å²) in [5.41, 5.74) is 5.49. The van der Waals surface area contributed by atoms with Gasteiger partial charge in [-0.05, 0) is 33.7 Å². The highest BCUT2D eigenvalue weighted by Gasteiger charge is 2.48. The number of hydrogen-bond acceptors (Lipinski definition) is 6.